The molecule has 0 fully saturated rings. The number of hydrogen-bond acceptors (Lipinski definition) is 4. The molecule has 1 aromatic heterocycles. The minimum Gasteiger partial charge on any atom is -0.301 e. The molecule has 106 valence electrons. The van der Waals surface area contributed by atoms with Gasteiger partial charge in [0.2, 0.25) is 11.0 Å². The van der Waals surface area contributed by atoms with E-state index in [-0.39, 0.29) is 24.1 Å². The molecule has 4 nitrogen and oxygen atoms in total. The van der Waals surface area contributed by atoms with Crippen LogP contribution in [0.4, 0.5) is 9.52 Å². The van der Waals surface area contributed by atoms with Crippen LogP contribution in [0.1, 0.15) is 36.8 Å². The summed E-state index contributed by atoms with van der Waals surface area (Å²) in [6.07, 6.45) is 0.589. The fourth-order valence-corrected chi connectivity index (χ4v) is 2.41. The maximum Gasteiger partial charge on any atom is 0.226 e. The van der Waals surface area contributed by atoms with E-state index in [4.69, 9.17) is 0 Å². The molecule has 0 aliphatic carbocycles. The molecular weight excluding hydrogens is 277 g/mol. The molecule has 2 aromatic rings. The number of nitrogens with one attached hydrogen (secondary N) is 1. The summed E-state index contributed by atoms with van der Waals surface area (Å²) in [4.78, 5) is 11.8. The molecular formula is C14H16FN3OS. The minimum absolute atomic E-state index is 0.181. The number of benzene rings is 1. The molecule has 6 heteroatoms. The number of nitrogens with zero attached hydrogens (tertiary/aromatic N) is 2. The van der Waals surface area contributed by atoms with Gasteiger partial charge in [0.15, 0.2) is 0 Å². The van der Waals surface area contributed by atoms with E-state index >= 15 is 0 Å². The number of anilines is 1. The molecule has 2 rings (SSSR count). The van der Waals surface area contributed by atoms with Crippen LogP contribution >= 0.6 is 11.3 Å². The third kappa shape index (κ3) is 3.84. The van der Waals surface area contributed by atoms with Crippen molar-refractivity contribution in [1.29, 1.82) is 0 Å². The Bertz CT molecular complexity index is 598. The third-order valence-corrected chi connectivity index (χ3v) is 3.90. The van der Waals surface area contributed by atoms with Crippen LogP contribution in [-0.4, -0.2) is 16.1 Å². The topological polar surface area (TPSA) is 54.9 Å². The van der Waals surface area contributed by atoms with Crippen LogP contribution in [0.25, 0.3) is 0 Å². The smallest absolute Gasteiger partial charge is 0.226 e. The van der Waals surface area contributed by atoms with Crippen molar-refractivity contribution in [2.75, 3.05) is 5.32 Å². The lowest BCUT2D eigenvalue weighted by atomic mass is 10.1. The van der Waals surface area contributed by atoms with Gasteiger partial charge in [-0.1, -0.05) is 43.4 Å². The molecule has 1 heterocycles. The van der Waals surface area contributed by atoms with Gasteiger partial charge in [0.1, 0.15) is 10.8 Å². The van der Waals surface area contributed by atoms with Gasteiger partial charge in [0, 0.05) is 12.3 Å². The van der Waals surface area contributed by atoms with Crippen LogP contribution in [0, 0.1) is 5.82 Å². The normalized spacial score (nSPS) is 10.8. The molecule has 0 radical (unpaired) electrons. The number of carbonyl (C=O) groups is 1. The highest BCUT2D eigenvalue weighted by Gasteiger charge is 2.11. The molecule has 1 N–H and O–H groups in total. The quantitative estimate of drug-likeness (QED) is 0.919. The van der Waals surface area contributed by atoms with Gasteiger partial charge >= 0.3 is 0 Å². The second-order valence-corrected chi connectivity index (χ2v) is 5.75. The van der Waals surface area contributed by atoms with E-state index in [1.165, 1.54) is 17.4 Å². The van der Waals surface area contributed by atoms with Crippen molar-refractivity contribution in [3.63, 3.8) is 0 Å². The lowest BCUT2D eigenvalue weighted by molar-refractivity contribution is -0.116. The van der Waals surface area contributed by atoms with Crippen LogP contribution in [0.2, 0.25) is 0 Å². The monoisotopic (exact) mass is 293 g/mol. The van der Waals surface area contributed by atoms with Crippen molar-refractivity contribution in [3.05, 3.63) is 40.7 Å². The summed E-state index contributed by atoms with van der Waals surface area (Å²) >= 11 is 1.37. The Morgan fingerprint density at radius 1 is 1.35 bits per heavy atom. The molecule has 0 unspecified atom stereocenters. The maximum atomic E-state index is 13.4. The van der Waals surface area contributed by atoms with Crippen molar-refractivity contribution < 1.29 is 9.18 Å². The zero-order valence-electron chi connectivity index (χ0n) is 11.4. The van der Waals surface area contributed by atoms with E-state index in [0.29, 0.717) is 17.1 Å². The average molecular weight is 293 g/mol. The van der Waals surface area contributed by atoms with Gasteiger partial charge in [-0.2, -0.15) is 0 Å². The number of hydrogen-bond donors (Lipinski definition) is 1. The van der Waals surface area contributed by atoms with Crippen molar-refractivity contribution in [2.24, 2.45) is 0 Å². The molecule has 20 heavy (non-hydrogen) atoms. The van der Waals surface area contributed by atoms with Crippen LogP contribution in [0.5, 0.6) is 0 Å². The summed E-state index contributed by atoms with van der Waals surface area (Å²) in [5.41, 5.74) is 0.544. The van der Waals surface area contributed by atoms with E-state index in [1.54, 1.807) is 18.2 Å². The van der Waals surface area contributed by atoms with Crippen molar-refractivity contribution in [2.45, 2.75) is 32.6 Å². The molecule has 0 spiro atoms. The number of aryl methyl sites for hydroxylation is 1. The second-order valence-electron chi connectivity index (χ2n) is 4.74. The Labute approximate surface area is 121 Å². The Kier molecular flexibility index (Phi) is 4.79. The number of halogens is 1. The molecule has 1 aromatic carbocycles. The Morgan fingerprint density at radius 2 is 2.10 bits per heavy atom. The average Bonchev–Trinajstić information content (AvgIpc) is 2.86. The summed E-state index contributed by atoms with van der Waals surface area (Å²) in [6.45, 7) is 4.04. The van der Waals surface area contributed by atoms with Crippen molar-refractivity contribution in [3.8, 4) is 0 Å². The predicted octanol–water partition coefficient (Wildman–Crippen LogP) is 3.37. The van der Waals surface area contributed by atoms with E-state index in [9.17, 15) is 9.18 Å². The number of carbonyl (C=O) groups excluding carboxylic acids is 1. The molecule has 0 aliphatic heterocycles. The van der Waals surface area contributed by atoms with Crippen molar-refractivity contribution >= 4 is 22.4 Å². The van der Waals surface area contributed by atoms with E-state index in [2.05, 4.69) is 15.5 Å². The first-order valence-electron chi connectivity index (χ1n) is 6.43. The number of rotatable bonds is 5. The Balaban J connectivity index is 1.88. The highest BCUT2D eigenvalue weighted by molar-refractivity contribution is 7.15. The van der Waals surface area contributed by atoms with Gasteiger partial charge < -0.3 is 5.32 Å². The van der Waals surface area contributed by atoms with Crippen LogP contribution in [0.3, 0.4) is 0 Å². The summed E-state index contributed by atoms with van der Waals surface area (Å²) in [6, 6.07) is 6.47. The summed E-state index contributed by atoms with van der Waals surface area (Å²) in [5.74, 6) is -0.172. The van der Waals surface area contributed by atoms with Crippen LogP contribution < -0.4 is 5.32 Å². The summed E-state index contributed by atoms with van der Waals surface area (Å²) in [5, 5.41) is 12.0. The van der Waals surface area contributed by atoms with Gasteiger partial charge in [0.05, 0.1) is 0 Å². The van der Waals surface area contributed by atoms with E-state index < -0.39 is 0 Å². The lowest BCUT2D eigenvalue weighted by Gasteiger charge is -2.03. The number of amides is 1. The first-order valence-corrected chi connectivity index (χ1v) is 7.24. The predicted molar refractivity (Wildman–Crippen MR) is 77.3 cm³/mol. The van der Waals surface area contributed by atoms with Gasteiger partial charge in [0.25, 0.3) is 0 Å². The highest BCUT2D eigenvalue weighted by Crippen LogP contribution is 2.22. The van der Waals surface area contributed by atoms with Crippen LogP contribution in [-0.2, 0) is 11.2 Å². The zero-order chi connectivity index (χ0) is 14.5. The highest BCUT2D eigenvalue weighted by atomic mass is 32.1. The first kappa shape index (κ1) is 14.6. The second kappa shape index (κ2) is 6.56. The first-order chi connectivity index (χ1) is 9.56. The van der Waals surface area contributed by atoms with Gasteiger partial charge in [-0.25, -0.2) is 4.39 Å². The summed E-state index contributed by atoms with van der Waals surface area (Å²) in [7, 11) is 0. The SMILES string of the molecule is CC(C)c1nnc(NC(=O)CCc2ccccc2F)s1. The van der Waals surface area contributed by atoms with Crippen LogP contribution in [0.15, 0.2) is 24.3 Å². The summed E-state index contributed by atoms with van der Waals surface area (Å²) < 4.78 is 13.4. The maximum absolute atomic E-state index is 13.4. The lowest BCUT2D eigenvalue weighted by Crippen LogP contribution is -2.12. The molecule has 0 aliphatic rings. The fraction of sp³-hybridized carbons (Fsp3) is 0.357. The van der Waals surface area contributed by atoms with E-state index in [1.807, 2.05) is 13.8 Å². The molecule has 0 saturated carbocycles. The fourth-order valence-electron chi connectivity index (χ4n) is 1.65. The van der Waals surface area contributed by atoms with Gasteiger partial charge in [-0.15, -0.1) is 10.2 Å². The third-order valence-electron chi connectivity index (χ3n) is 2.76. The Hall–Kier alpha value is -1.82. The minimum atomic E-state index is -0.279. The van der Waals surface area contributed by atoms with Gasteiger partial charge in [-0.3, -0.25) is 4.79 Å². The standard InChI is InChI=1S/C14H16FN3OS/c1-9(2)13-17-18-14(20-13)16-12(19)8-7-10-5-3-4-6-11(10)15/h3-6,9H,7-8H2,1-2H3,(H,16,18,19). The molecule has 0 saturated heterocycles. The zero-order valence-corrected chi connectivity index (χ0v) is 12.2. The molecule has 1 amide bonds. The largest absolute Gasteiger partial charge is 0.301 e. The number of aromatic nitrogens is 2. The van der Waals surface area contributed by atoms with Gasteiger partial charge in [-0.05, 0) is 18.1 Å². The Morgan fingerprint density at radius 3 is 2.75 bits per heavy atom. The van der Waals surface area contributed by atoms with E-state index in [0.717, 1.165) is 5.01 Å². The van der Waals surface area contributed by atoms with Crippen molar-refractivity contribution in [1.82, 2.24) is 10.2 Å². The molecule has 0 atom stereocenters. The molecule has 0 bridgehead atoms.